The summed E-state index contributed by atoms with van der Waals surface area (Å²) in [5.41, 5.74) is 4.42. The number of aromatic nitrogens is 4. The van der Waals surface area contributed by atoms with E-state index in [4.69, 9.17) is 9.26 Å². The first-order valence-electron chi connectivity index (χ1n) is 10.3. The monoisotopic (exact) mass is 406 g/mol. The van der Waals surface area contributed by atoms with Crippen molar-refractivity contribution in [2.24, 2.45) is 0 Å². The zero-order valence-electron chi connectivity index (χ0n) is 16.7. The Morgan fingerprint density at radius 2 is 2.00 bits per heavy atom. The highest BCUT2D eigenvalue weighted by Gasteiger charge is 2.35. The van der Waals surface area contributed by atoms with Crippen LogP contribution in [-0.4, -0.2) is 56.9 Å². The summed E-state index contributed by atoms with van der Waals surface area (Å²) in [6, 6.07) is 6.10. The molecule has 9 heteroatoms. The number of hydrogen-bond donors (Lipinski definition) is 0. The molecule has 2 aromatic heterocycles. The molecular weight excluding hydrogens is 384 g/mol. The third kappa shape index (κ3) is 2.80. The van der Waals surface area contributed by atoms with Gasteiger partial charge in [-0.2, -0.15) is 4.98 Å². The number of aryl methyl sites for hydroxylation is 1. The fraction of sp³-hybridized carbons (Fsp3) is 0.429. The second-order valence-electron chi connectivity index (χ2n) is 8.10. The summed E-state index contributed by atoms with van der Waals surface area (Å²) in [6.45, 7) is 4.74. The van der Waals surface area contributed by atoms with Gasteiger partial charge in [-0.05, 0) is 37.5 Å². The lowest BCUT2D eigenvalue weighted by atomic mass is 10.1. The molecule has 1 saturated carbocycles. The van der Waals surface area contributed by atoms with Gasteiger partial charge in [0.1, 0.15) is 6.33 Å². The van der Waals surface area contributed by atoms with Gasteiger partial charge in [-0.15, -0.1) is 0 Å². The Bertz CT molecular complexity index is 1130. The summed E-state index contributed by atoms with van der Waals surface area (Å²) in [5.74, 6) is 1.57. The molecule has 0 atom stereocenters. The number of ether oxygens (including phenoxy) is 1. The molecule has 30 heavy (non-hydrogen) atoms. The van der Waals surface area contributed by atoms with Gasteiger partial charge in [0.25, 0.3) is 5.89 Å². The normalized spacial score (nSPS) is 18.3. The van der Waals surface area contributed by atoms with Gasteiger partial charge in [-0.3, -0.25) is 9.47 Å². The summed E-state index contributed by atoms with van der Waals surface area (Å²) < 4.78 is 13.0. The number of carbonyl (C=O) groups is 1. The van der Waals surface area contributed by atoms with Gasteiger partial charge in [-0.25, -0.2) is 9.78 Å². The smallest absolute Gasteiger partial charge is 0.325 e. The SMILES string of the molecule is Cc1ccc2c(c1)N(C(=O)N1CCOCC1)Cc1c(-c3nc(C4CC4)no3)ncn1-2. The molecular formula is C21H22N6O3. The summed E-state index contributed by atoms with van der Waals surface area (Å²) >= 11 is 0. The van der Waals surface area contributed by atoms with Crippen LogP contribution in [0.5, 0.6) is 0 Å². The number of urea groups is 1. The van der Waals surface area contributed by atoms with Crippen LogP contribution in [0.15, 0.2) is 29.0 Å². The van der Waals surface area contributed by atoms with Crippen molar-refractivity contribution in [1.29, 1.82) is 0 Å². The van der Waals surface area contributed by atoms with E-state index in [0.717, 1.165) is 41.3 Å². The third-order valence-corrected chi connectivity index (χ3v) is 5.95. The van der Waals surface area contributed by atoms with Gasteiger partial charge in [-0.1, -0.05) is 11.2 Å². The van der Waals surface area contributed by atoms with Crippen LogP contribution in [0.2, 0.25) is 0 Å². The van der Waals surface area contributed by atoms with Gasteiger partial charge >= 0.3 is 6.03 Å². The summed E-state index contributed by atoms with van der Waals surface area (Å²) in [4.78, 5) is 26.2. The molecule has 154 valence electrons. The van der Waals surface area contributed by atoms with Gasteiger partial charge in [0.15, 0.2) is 11.5 Å². The number of hydrogen-bond acceptors (Lipinski definition) is 6. The van der Waals surface area contributed by atoms with E-state index in [2.05, 4.69) is 15.1 Å². The van der Waals surface area contributed by atoms with E-state index >= 15 is 0 Å². The average molecular weight is 406 g/mol. The van der Waals surface area contributed by atoms with E-state index in [1.807, 2.05) is 39.5 Å². The summed E-state index contributed by atoms with van der Waals surface area (Å²) in [6.07, 6.45) is 3.99. The molecule has 2 amide bonds. The van der Waals surface area contributed by atoms with Crippen molar-refractivity contribution in [3.63, 3.8) is 0 Å². The van der Waals surface area contributed by atoms with E-state index in [1.54, 1.807) is 6.33 Å². The molecule has 3 aliphatic rings. The van der Waals surface area contributed by atoms with Gasteiger partial charge < -0.3 is 14.2 Å². The van der Waals surface area contributed by atoms with Crippen molar-refractivity contribution >= 4 is 11.7 Å². The molecule has 0 N–H and O–H groups in total. The van der Waals surface area contributed by atoms with Crippen molar-refractivity contribution in [2.45, 2.75) is 32.2 Å². The molecule has 9 nitrogen and oxygen atoms in total. The first-order chi connectivity index (χ1) is 14.7. The highest BCUT2D eigenvalue weighted by Crippen LogP contribution is 2.40. The standard InChI is InChI=1S/C21H22N6O3/c1-13-2-5-15-16(10-13)26(21(28)25-6-8-29-9-7-25)11-17-18(22-12-27(15)17)20-23-19(24-30-20)14-3-4-14/h2,5,10,12,14H,3-4,6-9,11H2,1H3. The first-order valence-corrected chi connectivity index (χ1v) is 10.3. The number of carbonyl (C=O) groups excluding carboxylic acids is 1. The number of amides is 2. The predicted molar refractivity (Wildman–Crippen MR) is 108 cm³/mol. The Hall–Kier alpha value is -3.20. The molecule has 0 bridgehead atoms. The first kappa shape index (κ1) is 17.6. The van der Waals surface area contributed by atoms with E-state index in [-0.39, 0.29) is 6.03 Å². The maximum atomic E-state index is 13.4. The Morgan fingerprint density at radius 3 is 2.80 bits per heavy atom. The number of imidazole rings is 1. The second-order valence-corrected chi connectivity index (χ2v) is 8.10. The van der Waals surface area contributed by atoms with Crippen molar-refractivity contribution < 1.29 is 14.1 Å². The molecule has 2 aliphatic heterocycles. The van der Waals surface area contributed by atoms with E-state index in [9.17, 15) is 4.79 Å². The van der Waals surface area contributed by atoms with Crippen molar-refractivity contribution in [1.82, 2.24) is 24.6 Å². The zero-order chi connectivity index (χ0) is 20.2. The quantitative estimate of drug-likeness (QED) is 0.650. The van der Waals surface area contributed by atoms with E-state index in [0.29, 0.717) is 50.4 Å². The van der Waals surface area contributed by atoms with Crippen LogP contribution in [-0.2, 0) is 11.3 Å². The molecule has 6 rings (SSSR count). The molecule has 1 aliphatic carbocycles. The van der Waals surface area contributed by atoms with Crippen LogP contribution in [0.4, 0.5) is 10.5 Å². The average Bonchev–Trinajstić information content (AvgIpc) is 3.35. The third-order valence-electron chi connectivity index (χ3n) is 5.95. The number of benzene rings is 1. The second kappa shape index (κ2) is 6.66. The van der Waals surface area contributed by atoms with Crippen molar-refractivity contribution in [3.05, 3.63) is 41.6 Å². The Balaban J connectivity index is 1.42. The van der Waals surface area contributed by atoms with Gasteiger partial charge in [0.2, 0.25) is 0 Å². The number of morpholine rings is 1. The summed E-state index contributed by atoms with van der Waals surface area (Å²) in [5, 5.41) is 4.13. The molecule has 0 radical (unpaired) electrons. The molecule has 1 aromatic carbocycles. The van der Waals surface area contributed by atoms with E-state index < -0.39 is 0 Å². The molecule has 3 aromatic rings. The highest BCUT2D eigenvalue weighted by molar-refractivity contribution is 5.95. The lowest BCUT2D eigenvalue weighted by molar-refractivity contribution is 0.0547. The number of rotatable bonds is 2. The zero-order valence-corrected chi connectivity index (χ0v) is 16.7. The molecule has 1 saturated heterocycles. The van der Waals surface area contributed by atoms with Crippen molar-refractivity contribution in [2.75, 3.05) is 31.2 Å². The maximum Gasteiger partial charge on any atom is 0.325 e. The topological polar surface area (TPSA) is 89.5 Å². The number of anilines is 1. The van der Waals surface area contributed by atoms with Crippen LogP contribution in [0.25, 0.3) is 17.3 Å². The predicted octanol–water partition coefficient (Wildman–Crippen LogP) is 2.88. The Morgan fingerprint density at radius 1 is 1.17 bits per heavy atom. The van der Waals surface area contributed by atoms with Gasteiger partial charge in [0.05, 0.1) is 36.8 Å². The van der Waals surface area contributed by atoms with E-state index in [1.165, 1.54) is 0 Å². The molecule has 0 spiro atoms. The number of nitrogens with zero attached hydrogens (tertiary/aromatic N) is 6. The molecule has 0 unspecified atom stereocenters. The Labute approximate surface area is 173 Å². The van der Waals surface area contributed by atoms with Gasteiger partial charge in [0, 0.05) is 19.0 Å². The van der Waals surface area contributed by atoms with Crippen LogP contribution in [0, 0.1) is 6.92 Å². The fourth-order valence-corrected chi connectivity index (χ4v) is 4.13. The fourth-order valence-electron chi connectivity index (χ4n) is 4.13. The van der Waals surface area contributed by atoms with Crippen molar-refractivity contribution in [3.8, 4) is 17.3 Å². The maximum absolute atomic E-state index is 13.4. The largest absolute Gasteiger partial charge is 0.378 e. The summed E-state index contributed by atoms with van der Waals surface area (Å²) in [7, 11) is 0. The lowest BCUT2D eigenvalue weighted by Crippen LogP contribution is -2.49. The van der Waals surface area contributed by atoms with Crippen LogP contribution in [0.3, 0.4) is 0 Å². The molecule has 2 fully saturated rings. The van der Waals surface area contributed by atoms with Crippen LogP contribution < -0.4 is 4.90 Å². The minimum atomic E-state index is -0.0206. The Kier molecular flexibility index (Phi) is 3.92. The number of fused-ring (bicyclic) bond motifs is 3. The van der Waals surface area contributed by atoms with Crippen LogP contribution in [0.1, 0.15) is 35.8 Å². The molecule has 4 heterocycles. The minimum Gasteiger partial charge on any atom is -0.378 e. The lowest BCUT2D eigenvalue weighted by Gasteiger charge is -2.36. The highest BCUT2D eigenvalue weighted by atomic mass is 16.5. The van der Waals surface area contributed by atoms with Crippen LogP contribution >= 0.6 is 0 Å². The minimum absolute atomic E-state index is 0.0206.